The molecule has 11 nitrogen and oxygen atoms in total. The van der Waals surface area contributed by atoms with Gasteiger partial charge < -0.3 is 28.7 Å². The third kappa shape index (κ3) is 15.4. The van der Waals surface area contributed by atoms with Crippen LogP contribution in [0.25, 0.3) is 0 Å². The van der Waals surface area contributed by atoms with Crippen molar-refractivity contribution in [3.8, 4) is 12.1 Å². The molecule has 0 bridgehead atoms. The number of primary amides is 2. The maximum Gasteiger partial charge on any atom is 0.309 e. The van der Waals surface area contributed by atoms with E-state index in [4.69, 9.17) is 32.5 Å². The van der Waals surface area contributed by atoms with Crippen LogP contribution in [0.5, 0.6) is 0 Å². The second-order valence-corrected chi connectivity index (χ2v) is 2.04. The molecular weight excluding hydrogens is 228 g/mol. The minimum Gasteiger partial charge on any atom is -0.368 e. The van der Waals surface area contributed by atoms with E-state index in [-0.39, 0.29) is 17.8 Å². The normalized spacial score (nSPS) is 6.94. The van der Waals surface area contributed by atoms with Crippen LogP contribution in [0.4, 0.5) is 22.6 Å². The van der Waals surface area contributed by atoms with Gasteiger partial charge in [0.25, 0.3) is 0 Å². The average Bonchev–Trinajstić information content (AvgIpc) is 2.15. The van der Waals surface area contributed by atoms with Crippen LogP contribution < -0.4 is 28.7 Å². The summed E-state index contributed by atoms with van der Waals surface area (Å²) in [5.74, 6) is 0.125. The van der Waals surface area contributed by atoms with Gasteiger partial charge in [0.15, 0.2) is 12.1 Å². The van der Waals surface area contributed by atoms with Crippen LogP contribution in [0, 0.1) is 22.7 Å². The maximum atomic E-state index is 9.00. The number of anilines is 3. The molecule has 2 amide bonds. The van der Waals surface area contributed by atoms with Crippen molar-refractivity contribution in [2.45, 2.75) is 0 Å². The molecule has 0 saturated heterocycles. The van der Waals surface area contributed by atoms with E-state index in [2.05, 4.69) is 26.4 Å². The molecule has 0 aliphatic heterocycles. The second-order valence-electron chi connectivity index (χ2n) is 2.04. The quantitative estimate of drug-likeness (QED) is 0.325. The van der Waals surface area contributed by atoms with E-state index in [1.807, 2.05) is 0 Å². The molecule has 1 aromatic rings. The lowest BCUT2D eigenvalue weighted by Crippen LogP contribution is -2.18. The summed E-state index contributed by atoms with van der Waals surface area (Å²) in [6, 6.07) is 1.64. The van der Waals surface area contributed by atoms with Gasteiger partial charge >= 0.3 is 6.03 Å². The van der Waals surface area contributed by atoms with Gasteiger partial charge in [-0.15, -0.1) is 0 Å². The van der Waals surface area contributed by atoms with Gasteiger partial charge in [0.05, 0.1) is 0 Å². The van der Waals surface area contributed by atoms with Gasteiger partial charge in [-0.1, -0.05) is 0 Å². The fraction of sp³-hybridized carbons (Fsp3) is 0. The smallest absolute Gasteiger partial charge is 0.309 e. The topological polar surface area (TPSA) is 233 Å². The van der Waals surface area contributed by atoms with Crippen LogP contribution in [0.15, 0.2) is 0 Å². The zero-order valence-electron chi connectivity index (χ0n) is 8.53. The number of nitriles is 2. The van der Waals surface area contributed by atoms with Gasteiger partial charge in [-0.05, 0) is 0 Å². The van der Waals surface area contributed by atoms with Gasteiger partial charge in [-0.2, -0.15) is 25.5 Å². The number of nitrogen functional groups attached to an aromatic ring is 3. The van der Waals surface area contributed by atoms with Crippen molar-refractivity contribution in [1.29, 1.82) is 10.5 Å². The van der Waals surface area contributed by atoms with Gasteiger partial charge in [0.2, 0.25) is 17.8 Å². The highest BCUT2D eigenvalue weighted by molar-refractivity contribution is 5.69. The Morgan fingerprint density at radius 1 is 0.882 bits per heavy atom. The molecule has 1 rings (SSSR count). The van der Waals surface area contributed by atoms with Crippen LogP contribution in [0.1, 0.15) is 0 Å². The summed E-state index contributed by atoms with van der Waals surface area (Å²) >= 11 is 0. The number of carbonyl (C=O) groups is 1. The van der Waals surface area contributed by atoms with Gasteiger partial charge in [-0.25, -0.2) is 4.79 Å². The Hall–Kier alpha value is -3.34. The van der Waals surface area contributed by atoms with Crippen LogP contribution >= 0.6 is 0 Å². The minimum atomic E-state index is -0.833. The predicted octanol–water partition coefficient (Wildman–Crippen LogP) is -2.32. The molecule has 1 aromatic heterocycles. The molecule has 1 heterocycles. The summed E-state index contributed by atoms with van der Waals surface area (Å²) in [4.78, 5) is 19.5. The molecule has 0 aromatic carbocycles. The van der Waals surface area contributed by atoms with Crippen LogP contribution in [-0.4, -0.2) is 21.0 Å². The molecule has 0 fully saturated rings. The van der Waals surface area contributed by atoms with E-state index >= 15 is 0 Å². The van der Waals surface area contributed by atoms with E-state index in [1.54, 1.807) is 0 Å². The number of nitrogens with zero attached hydrogens (tertiary/aromatic N) is 5. The third-order valence-electron chi connectivity index (χ3n) is 0.737. The molecule has 0 aliphatic carbocycles. The Balaban J connectivity index is 0. The first-order valence-electron chi connectivity index (χ1n) is 3.69. The number of carbonyl (C=O) groups excluding carboxylic acids is 1. The first-order valence-corrected chi connectivity index (χ1v) is 3.69. The number of hydrogen-bond donors (Lipinski definition) is 5. The number of urea groups is 1. The lowest BCUT2D eigenvalue weighted by Gasteiger charge is -1.93. The molecule has 0 saturated carbocycles. The largest absolute Gasteiger partial charge is 0.368 e. The van der Waals surface area contributed by atoms with Crippen LogP contribution in [0.2, 0.25) is 0 Å². The SMILES string of the molecule is N#CC#N.NC(N)=O.Nc1nc(N)nc(N)n1. The Labute approximate surface area is 95.8 Å². The first-order chi connectivity index (χ1) is 7.83. The van der Waals surface area contributed by atoms with Gasteiger partial charge in [0, 0.05) is 0 Å². The highest BCUT2D eigenvalue weighted by Crippen LogP contribution is 1.97. The van der Waals surface area contributed by atoms with E-state index in [0.717, 1.165) is 0 Å². The van der Waals surface area contributed by atoms with Crippen molar-refractivity contribution in [2.24, 2.45) is 11.5 Å². The minimum absolute atomic E-state index is 0.0417. The summed E-state index contributed by atoms with van der Waals surface area (Å²) in [5, 5.41) is 14.5. The standard InChI is InChI=1S/C3H6N6.C2N2.CH4N2O/c4-1-7-2(5)9-3(6)8-1;3-1-2-4;2-1(3)4/h(H6,4,5,6,7,8,9);;(H4,2,3,4). The zero-order chi connectivity index (χ0) is 13.8. The predicted molar refractivity (Wildman–Crippen MR) is 58.1 cm³/mol. The average molecular weight is 238 g/mol. The molecule has 0 radical (unpaired) electrons. The highest BCUT2D eigenvalue weighted by Gasteiger charge is 1.93. The lowest BCUT2D eigenvalue weighted by atomic mass is 10.9. The van der Waals surface area contributed by atoms with E-state index in [1.165, 1.54) is 12.1 Å². The summed E-state index contributed by atoms with van der Waals surface area (Å²) in [6.07, 6.45) is 0. The highest BCUT2D eigenvalue weighted by atomic mass is 16.2. The van der Waals surface area contributed by atoms with Crippen molar-refractivity contribution in [2.75, 3.05) is 17.2 Å². The number of nitrogens with two attached hydrogens (primary N) is 5. The molecule has 0 aliphatic rings. The molecule has 90 valence electrons. The van der Waals surface area contributed by atoms with Crippen molar-refractivity contribution in [3.05, 3.63) is 0 Å². The summed E-state index contributed by atoms with van der Waals surface area (Å²) in [5.41, 5.74) is 23.9. The fourth-order valence-electron chi connectivity index (χ4n) is 0.427. The van der Waals surface area contributed by atoms with Gasteiger partial charge in [0.1, 0.15) is 0 Å². The summed E-state index contributed by atoms with van der Waals surface area (Å²) in [6.45, 7) is 0. The van der Waals surface area contributed by atoms with Crippen LogP contribution in [-0.2, 0) is 0 Å². The van der Waals surface area contributed by atoms with E-state index in [9.17, 15) is 0 Å². The third-order valence-corrected chi connectivity index (χ3v) is 0.737. The molecule has 11 heteroatoms. The second kappa shape index (κ2) is 9.22. The summed E-state index contributed by atoms with van der Waals surface area (Å²) in [7, 11) is 0. The van der Waals surface area contributed by atoms with Crippen molar-refractivity contribution in [3.63, 3.8) is 0 Å². The first kappa shape index (κ1) is 16.1. The Morgan fingerprint density at radius 2 is 1.06 bits per heavy atom. The molecule has 0 unspecified atom stereocenters. The Kier molecular flexibility index (Phi) is 8.74. The van der Waals surface area contributed by atoms with Crippen molar-refractivity contribution >= 4 is 23.9 Å². The number of amides is 2. The molecule has 0 atom stereocenters. The number of hydrogen-bond acceptors (Lipinski definition) is 9. The zero-order valence-corrected chi connectivity index (χ0v) is 8.53. The fourth-order valence-corrected chi connectivity index (χ4v) is 0.427. The van der Waals surface area contributed by atoms with Gasteiger partial charge in [-0.3, -0.25) is 0 Å². The molecule has 17 heavy (non-hydrogen) atoms. The van der Waals surface area contributed by atoms with Crippen LogP contribution in [0.3, 0.4) is 0 Å². The lowest BCUT2D eigenvalue weighted by molar-refractivity contribution is 0.256. The Bertz CT molecular complexity index is 377. The number of rotatable bonds is 0. The summed E-state index contributed by atoms with van der Waals surface area (Å²) < 4.78 is 0. The van der Waals surface area contributed by atoms with Crippen molar-refractivity contribution in [1.82, 2.24) is 15.0 Å². The molecular formula is C6H10N10O. The number of aromatic nitrogens is 3. The maximum absolute atomic E-state index is 9.00. The Morgan fingerprint density at radius 3 is 1.18 bits per heavy atom. The van der Waals surface area contributed by atoms with E-state index in [0.29, 0.717) is 0 Å². The van der Waals surface area contributed by atoms with E-state index < -0.39 is 6.03 Å². The van der Waals surface area contributed by atoms with Crippen molar-refractivity contribution < 1.29 is 4.79 Å². The molecule has 10 N–H and O–H groups in total. The monoisotopic (exact) mass is 238 g/mol. The molecule has 0 spiro atoms.